The van der Waals surface area contributed by atoms with Crippen LogP contribution in [0.15, 0.2) is 10.9 Å². The minimum Gasteiger partial charge on any atom is -0.371 e. The molecule has 5 nitrogen and oxygen atoms in total. The van der Waals surface area contributed by atoms with Crippen LogP contribution in [0.1, 0.15) is 52.6 Å². The highest BCUT2D eigenvalue weighted by atomic mass is 16.5. The van der Waals surface area contributed by atoms with Gasteiger partial charge in [-0.1, -0.05) is 6.92 Å². The van der Waals surface area contributed by atoms with E-state index in [0.29, 0.717) is 12.4 Å². The van der Waals surface area contributed by atoms with E-state index in [1.807, 2.05) is 13.8 Å². The molecule has 0 fully saturated rings. The maximum atomic E-state index is 11.7. The first kappa shape index (κ1) is 15.9. The molecule has 1 aromatic rings. The SMILES string of the molecule is CCC(C)(OC)c1nc(CNC(C)(C)C)cc(=O)[nH]1. The molecule has 0 saturated heterocycles. The Hall–Kier alpha value is -1.20. The van der Waals surface area contributed by atoms with Crippen molar-refractivity contribution in [3.63, 3.8) is 0 Å². The van der Waals surface area contributed by atoms with Crippen LogP contribution < -0.4 is 10.9 Å². The average molecular weight is 267 g/mol. The first-order valence-corrected chi connectivity index (χ1v) is 6.61. The average Bonchev–Trinajstić information content (AvgIpc) is 2.34. The summed E-state index contributed by atoms with van der Waals surface area (Å²) >= 11 is 0. The van der Waals surface area contributed by atoms with Crippen molar-refractivity contribution < 1.29 is 4.74 Å². The van der Waals surface area contributed by atoms with Crippen LogP contribution >= 0.6 is 0 Å². The van der Waals surface area contributed by atoms with Crippen molar-refractivity contribution in [1.82, 2.24) is 15.3 Å². The van der Waals surface area contributed by atoms with Gasteiger partial charge < -0.3 is 15.0 Å². The number of nitrogens with zero attached hydrogens (tertiary/aromatic N) is 1. The maximum absolute atomic E-state index is 11.7. The van der Waals surface area contributed by atoms with Crippen LogP contribution in [0, 0.1) is 0 Å². The third-order valence-corrected chi connectivity index (χ3v) is 3.22. The molecular weight excluding hydrogens is 242 g/mol. The highest BCUT2D eigenvalue weighted by molar-refractivity contribution is 5.08. The maximum Gasteiger partial charge on any atom is 0.251 e. The molecule has 0 amide bonds. The fourth-order valence-electron chi connectivity index (χ4n) is 1.61. The van der Waals surface area contributed by atoms with E-state index in [0.717, 1.165) is 12.1 Å². The quantitative estimate of drug-likeness (QED) is 0.855. The molecule has 0 saturated carbocycles. The molecule has 1 heterocycles. The molecule has 0 aromatic carbocycles. The van der Waals surface area contributed by atoms with Gasteiger partial charge in [-0.2, -0.15) is 0 Å². The lowest BCUT2D eigenvalue weighted by Gasteiger charge is -2.26. The van der Waals surface area contributed by atoms with Gasteiger partial charge in [-0.05, 0) is 34.1 Å². The van der Waals surface area contributed by atoms with Gasteiger partial charge in [0.1, 0.15) is 11.4 Å². The second-order valence-corrected chi connectivity index (χ2v) is 5.98. The molecule has 5 heteroatoms. The van der Waals surface area contributed by atoms with Crippen LogP contribution in [0.2, 0.25) is 0 Å². The highest BCUT2D eigenvalue weighted by Gasteiger charge is 2.27. The topological polar surface area (TPSA) is 67.0 Å². The summed E-state index contributed by atoms with van der Waals surface area (Å²) in [5.74, 6) is 0.579. The van der Waals surface area contributed by atoms with Crippen LogP contribution in [0.3, 0.4) is 0 Å². The van der Waals surface area contributed by atoms with E-state index in [1.165, 1.54) is 6.07 Å². The number of ether oxygens (including phenoxy) is 1. The van der Waals surface area contributed by atoms with Gasteiger partial charge in [-0.3, -0.25) is 4.79 Å². The zero-order valence-corrected chi connectivity index (χ0v) is 12.8. The van der Waals surface area contributed by atoms with Gasteiger partial charge in [-0.15, -0.1) is 0 Å². The Kier molecular flexibility index (Phi) is 4.87. The second-order valence-electron chi connectivity index (χ2n) is 5.98. The number of hydrogen-bond donors (Lipinski definition) is 2. The van der Waals surface area contributed by atoms with E-state index in [2.05, 4.69) is 36.1 Å². The molecule has 0 aliphatic rings. The Morgan fingerprint density at radius 1 is 1.37 bits per heavy atom. The minimum absolute atomic E-state index is 0.0141. The Morgan fingerprint density at radius 3 is 2.47 bits per heavy atom. The predicted octanol–water partition coefficient (Wildman–Crippen LogP) is 1.93. The second kappa shape index (κ2) is 5.84. The van der Waals surface area contributed by atoms with Crippen molar-refractivity contribution in [3.05, 3.63) is 27.9 Å². The van der Waals surface area contributed by atoms with Crippen molar-refractivity contribution in [1.29, 1.82) is 0 Å². The van der Waals surface area contributed by atoms with Crippen molar-refractivity contribution in [2.75, 3.05) is 7.11 Å². The zero-order chi connectivity index (χ0) is 14.7. The zero-order valence-electron chi connectivity index (χ0n) is 12.8. The molecule has 1 atom stereocenters. The van der Waals surface area contributed by atoms with E-state index in [1.54, 1.807) is 7.11 Å². The largest absolute Gasteiger partial charge is 0.371 e. The van der Waals surface area contributed by atoms with Gasteiger partial charge in [0.25, 0.3) is 5.56 Å². The van der Waals surface area contributed by atoms with E-state index in [4.69, 9.17) is 4.74 Å². The molecule has 1 rings (SSSR count). The van der Waals surface area contributed by atoms with Crippen LogP contribution in [-0.4, -0.2) is 22.6 Å². The lowest BCUT2D eigenvalue weighted by atomic mass is 10.0. The van der Waals surface area contributed by atoms with E-state index >= 15 is 0 Å². The monoisotopic (exact) mass is 267 g/mol. The Morgan fingerprint density at radius 2 is 2.00 bits per heavy atom. The molecule has 108 valence electrons. The fourth-order valence-corrected chi connectivity index (χ4v) is 1.61. The smallest absolute Gasteiger partial charge is 0.251 e. The normalized spacial score (nSPS) is 15.3. The molecule has 0 spiro atoms. The van der Waals surface area contributed by atoms with Gasteiger partial charge in [-0.25, -0.2) is 4.98 Å². The first-order chi connectivity index (χ1) is 8.70. The predicted molar refractivity (Wildman–Crippen MR) is 76.1 cm³/mol. The Labute approximate surface area is 114 Å². The summed E-state index contributed by atoms with van der Waals surface area (Å²) in [6.45, 7) is 10.7. The summed E-state index contributed by atoms with van der Waals surface area (Å²) in [4.78, 5) is 19.0. The molecule has 0 radical (unpaired) electrons. The lowest BCUT2D eigenvalue weighted by Crippen LogP contribution is -2.36. The summed E-state index contributed by atoms with van der Waals surface area (Å²) in [5, 5.41) is 3.32. The number of aromatic amines is 1. The van der Waals surface area contributed by atoms with Crippen molar-refractivity contribution >= 4 is 0 Å². The van der Waals surface area contributed by atoms with E-state index in [9.17, 15) is 4.79 Å². The van der Waals surface area contributed by atoms with Gasteiger partial charge in [0.05, 0.1) is 5.69 Å². The highest BCUT2D eigenvalue weighted by Crippen LogP contribution is 2.24. The van der Waals surface area contributed by atoms with E-state index in [-0.39, 0.29) is 11.1 Å². The van der Waals surface area contributed by atoms with Gasteiger partial charge in [0.15, 0.2) is 0 Å². The van der Waals surface area contributed by atoms with Crippen LogP contribution in [0.5, 0.6) is 0 Å². The van der Waals surface area contributed by atoms with E-state index < -0.39 is 5.60 Å². The molecule has 0 aliphatic carbocycles. The fraction of sp³-hybridized carbons (Fsp3) is 0.714. The number of nitrogens with one attached hydrogen (secondary N) is 2. The first-order valence-electron chi connectivity index (χ1n) is 6.61. The molecule has 1 unspecified atom stereocenters. The van der Waals surface area contributed by atoms with Crippen molar-refractivity contribution in [2.24, 2.45) is 0 Å². The van der Waals surface area contributed by atoms with Gasteiger partial charge in [0, 0.05) is 25.3 Å². The van der Waals surface area contributed by atoms with Gasteiger partial charge in [0.2, 0.25) is 0 Å². The lowest BCUT2D eigenvalue weighted by molar-refractivity contribution is -0.00937. The summed E-state index contributed by atoms with van der Waals surface area (Å²) in [6.07, 6.45) is 0.739. The molecule has 19 heavy (non-hydrogen) atoms. The third kappa shape index (κ3) is 4.44. The molecule has 0 aliphatic heterocycles. The number of rotatable bonds is 5. The summed E-state index contributed by atoms with van der Waals surface area (Å²) in [5.41, 5.74) is 0.00857. The Balaban J connectivity index is 3.04. The van der Waals surface area contributed by atoms with Crippen molar-refractivity contribution in [3.8, 4) is 0 Å². The Bertz CT molecular complexity index is 470. The van der Waals surface area contributed by atoms with Crippen LogP contribution in [0.4, 0.5) is 0 Å². The van der Waals surface area contributed by atoms with Crippen LogP contribution in [0.25, 0.3) is 0 Å². The van der Waals surface area contributed by atoms with Crippen molar-refractivity contribution in [2.45, 2.75) is 58.7 Å². The summed E-state index contributed by atoms with van der Waals surface area (Å²) in [7, 11) is 1.63. The summed E-state index contributed by atoms with van der Waals surface area (Å²) < 4.78 is 5.48. The number of hydrogen-bond acceptors (Lipinski definition) is 4. The molecular formula is C14H25N3O2. The van der Waals surface area contributed by atoms with Gasteiger partial charge >= 0.3 is 0 Å². The number of methoxy groups -OCH3 is 1. The number of H-pyrrole nitrogens is 1. The minimum atomic E-state index is -0.559. The van der Waals surface area contributed by atoms with Crippen LogP contribution in [-0.2, 0) is 16.9 Å². The standard InChI is InChI=1S/C14H25N3O2/c1-7-14(5,19-6)12-16-10(8-11(18)17-12)9-15-13(2,3)4/h8,15H,7,9H2,1-6H3,(H,16,17,18). The molecule has 0 bridgehead atoms. The molecule has 2 N–H and O–H groups in total. The molecule has 1 aromatic heterocycles. The third-order valence-electron chi connectivity index (χ3n) is 3.22. The summed E-state index contributed by atoms with van der Waals surface area (Å²) in [6, 6.07) is 1.52. The number of aromatic nitrogens is 2.